The molecule has 0 spiro atoms. The lowest BCUT2D eigenvalue weighted by atomic mass is 9.97. The van der Waals surface area contributed by atoms with E-state index in [1.54, 1.807) is 16.8 Å². The van der Waals surface area contributed by atoms with Crippen molar-refractivity contribution in [3.63, 3.8) is 0 Å². The molecule has 0 unspecified atom stereocenters. The van der Waals surface area contributed by atoms with Gasteiger partial charge in [-0.25, -0.2) is 0 Å². The predicted octanol–water partition coefficient (Wildman–Crippen LogP) is 4.80. The molecule has 1 heterocycles. The molecule has 5 nitrogen and oxygen atoms in total. The number of rotatable bonds is 7. The first-order valence-corrected chi connectivity index (χ1v) is 9.75. The van der Waals surface area contributed by atoms with Crippen LogP contribution in [0.4, 0.5) is 0 Å². The van der Waals surface area contributed by atoms with Crippen LogP contribution in [0.1, 0.15) is 42.1 Å². The first-order valence-electron chi connectivity index (χ1n) is 8.38. The molecule has 7 heteroatoms. The van der Waals surface area contributed by atoms with Crippen molar-refractivity contribution in [1.82, 2.24) is 20.2 Å². The number of nitrogens with zero attached hydrogens (tertiary/aromatic N) is 4. The van der Waals surface area contributed by atoms with Crippen molar-refractivity contribution in [3.05, 3.63) is 64.7 Å². The summed E-state index contributed by atoms with van der Waals surface area (Å²) in [7, 11) is 0. The summed E-state index contributed by atoms with van der Waals surface area (Å²) in [5, 5.41) is 12.9. The highest BCUT2D eigenvalue weighted by molar-refractivity contribution is 7.99. The molecule has 3 aromatic rings. The van der Waals surface area contributed by atoms with Gasteiger partial charge in [0, 0.05) is 10.6 Å². The maximum Gasteiger partial charge on any atom is 0.214 e. The van der Waals surface area contributed by atoms with E-state index in [2.05, 4.69) is 29.4 Å². The molecule has 3 rings (SSSR count). The molecule has 0 N–H and O–H groups in total. The van der Waals surface area contributed by atoms with Gasteiger partial charge in [0.2, 0.25) is 5.16 Å². The van der Waals surface area contributed by atoms with Gasteiger partial charge in [-0.1, -0.05) is 61.5 Å². The molecule has 0 bridgehead atoms. The van der Waals surface area contributed by atoms with Crippen molar-refractivity contribution in [2.45, 2.75) is 31.3 Å². The van der Waals surface area contributed by atoms with Gasteiger partial charge in [-0.05, 0) is 52.6 Å². The van der Waals surface area contributed by atoms with Crippen LogP contribution in [0, 0.1) is 0 Å². The number of carbonyl (C=O) groups excluding carboxylic acids is 1. The third kappa shape index (κ3) is 4.31. The predicted molar refractivity (Wildman–Crippen MR) is 104 cm³/mol. The van der Waals surface area contributed by atoms with Crippen LogP contribution in [0.3, 0.4) is 0 Å². The van der Waals surface area contributed by atoms with Crippen LogP contribution >= 0.6 is 23.4 Å². The fourth-order valence-electron chi connectivity index (χ4n) is 2.46. The molecule has 0 saturated carbocycles. The number of benzene rings is 2. The van der Waals surface area contributed by atoms with Crippen molar-refractivity contribution >= 4 is 29.1 Å². The molecule has 1 aromatic heterocycles. The van der Waals surface area contributed by atoms with Crippen LogP contribution in [0.5, 0.6) is 0 Å². The van der Waals surface area contributed by atoms with E-state index >= 15 is 0 Å². The number of halogens is 1. The second-order valence-electron chi connectivity index (χ2n) is 5.99. The van der Waals surface area contributed by atoms with Crippen LogP contribution < -0.4 is 0 Å². The zero-order valence-corrected chi connectivity index (χ0v) is 16.2. The third-order valence-electron chi connectivity index (χ3n) is 4.26. The van der Waals surface area contributed by atoms with E-state index in [9.17, 15) is 4.79 Å². The second kappa shape index (κ2) is 8.47. The minimum Gasteiger partial charge on any atom is -0.293 e. The Morgan fingerprint density at radius 1 is 1.15 bits per heavy atom. The Morgan fingerprint density at radius 2 is 1.85 bits per heavy atom. The van der Waals surface area contributed by atoms with E-state index in [0.29, 0.717) is 21.7 Å². The summed E-state index contributed by atoms with van der Waals surface area (Å²) >= 11 is 7.23. The van der Waals surface area contributed by atoms with Gasteiger partial charge in [-0.2, -0.15) is 4.68 Å². The number of thioether (sulfide) groups is 1. The SMILES string of the molecule is CC[C@H](C)c1ccc(C(=O)CSc2nnnn2-c2ccc(Cl)cc2)cc1. The number of hydrogen-bond donors (Lipinski definition) is 0. The zero-order chi connectivity index (χ0) is 18.5. The second-order valence-corrected chi connectivity index (χ2v) is 7.37. The molecule has 0 saturated heterocycles. The lowest BCUT2D eigenvalue weighted by Gasteiger charge is -2.09. The summed E-state index contributed by atoms with van der Waals surface area (Å²) < 4.78 is 1.60. The third-order valence-corrected chi connectivity index (χ3v) is 5.43. The van der Waals surface area contributed by atoms with Crippen LogP contribution in [-0.2, 0) is 0 Å². The monoisotopic (exact) mass is 386 g/mol. The molecule has 0 amide bonds. The summed E-state index contributed by atoms with van der Waals surface area (Å²) in [5.74, 6) is 0.824. The van der Waals surface area contributed by atoms with Gasteiger partial charge in [-0.3, -0.25) is 4.79 Å². The molecule has 1 atom stereocenters. The van der Waals surface area contributed by atoms with Crippen molar-refractivity contribution in [3.8, 4) is 5.69 Å². The Kier molecular flexibility index (Phi) is 6.06. The molecular formula is C19H19ClN4OS. The van der Waals surface area contributed by atoms with E-state index in [1.165, 1.54) is 17.3 Å². The van der Waals surface area contributed by atoms with Gasteiger partial charge in [0.25, 0.3) is 0 Å². The normalized spacial score (nSPS) is 12.1. The number of carbonyl (C=O) groups is 1. The molecule has 2 aromatic carbocycles. The fourth-order valence-corrected chi connectivity index (χ4v) is 3.37. The van der Waals surface area contributed by atoms with Crippen LogP contribution in [0.2, 0.25) is 5.02 Å². The van der Waals surface area contributed by atoms with Gasteiger partial charge in [0.1, 0.15) is 0 Å². The number of hydrogen-bond acceptors (Lipinski definition) is 5. The van der Waals surface area contributed by atoms with E-state index in [1.807, 2.05) is 36.4 Å². The minimum absolute atomic E-state index is 0.0522. The smallest absolute Gasteiger partial charge is 0.214 e. The summed E-state index contributed by atoms with van der Waals surface area (Å²) in [5.41, 5.74) is 2.76. The molecule has 0 aliphatic carbocycles. The average Bonchev–Trinajstić information content (AvgIpc) is 3.14. The Bertz CT molecular complexity index is 877. The Hall–Kier alpha value is -2.18. The lowest BCUT2D eigenvalue weighted by Crippen LogP contribution is -2.05. The number of Topliss-reactive ketones (excluding diaryl/α,β-unsaturated/α-hetero) is 1. The molecule has 0 aliphatic rings. The fraction of sp³-hybridized carbons (Fsp3) is 0.263. The van der Waals surface area contributed by atoms with E-state index in [0.717, 1.165) is 12.1 Å². The Morgan fingerprint density at radius 3 is 2.50 bits per heavy atom. The van der Waals surface area contributed by atoms with Crippen molar-refractivity contribution < 1.29 is 4.79 Å². The van der Waals surface area contributed by atoms with Gasteiger partial charge < -0.3 is 0 Å². The number of aromatic nitrogens is 4. The maximum absolute atomic E-state index is 12.5. The quantitative estimate of drug-likeness (QED) is 0.431. The standard InChI is InChI=1S/C19H19ClN4OS/c1-3-13(2)14-4-6-15(7-5-14)18(25)12-26-19-21-22-23-24(19)17-10-8-16(20)9-11-17/h4-11,13H,3,12H2,1-2H3/t13-/m0/s1. The molecule has 26 heavy (non-hydrogen) atoms. The number of tetrazole rings is 1. The summed E-state index contributed by atoms with van der Waals surface area (Å²) in [6.07, 6.45) is 1.08. The lowest BCUT2D eigenvalue weighted by molar-refractivity contribution is 0.102. The number of ketones is 1. The topological polar surface area (TPSA) is 60.7 Å². The van der Waals surface area contributed by atoms with Crippen molar-refractivity contribution in [2.24, 2.45) is 0 Å². The van der Waals surface area contributed by atoms with E-state index in [4.69, 9.17) is 11.6 Å². The molecule has 0 fully saturated rings. The first-order chi connectivity index (χ1) is 12.6. The molecule has 134 valence electrons. The van der Waals surface area contributed by atoms with Gasteiger partial charge in [0.05, 0.1) is 11.4 Å². The maximum atomic E-state index is 12.5. The highest BCUT2D eigenvalue weighted by Gasteiger charge is 2.13. The molecule has 0 radical (unpaired) electrons. The average molecular weight is 387 g/mol. The van der Waals surface area contributed by atoms with E-state index < -0.39 is 0 Å². The summed E-state index contributed by atoms with van der Waals surface area (Å²) in [6, 6.07) is 15.1. The van der Waals surface area contributed by atoms with Crippen molar-refractivity contribution in [2.75, 3.05) is 5.75 Å². The van der Waals surface area contributed by atoms with Crippen LogP contribution in [-0.4, -0.2) is 31.7 Å². The van der Waals surface area contributed by atoms with Crippen molar-refractivity contribution in [1.29, 1.82) is 0 Å². The molecular weight excluding hydrogens is 368 g/mol. The minimum atomic E-state index is 0.0522. The van der Waals surface area contributed by atoms with Gasteiger partial charge in [-0.15, -0.1) is 5.10 Å². The first kappa shape index (κ1) is 18.6. The Labute approximate surface area is 161 Å². The van der Waals surface area contributed by atoms with E-state index in [-0.39, 0.29) is 11.5 Å². The Balaban J connectivity index is 1.67. The zero-order valence-electron chi connectivity index (χ0n) is 14.6. The largest absolute Gasteiger partial charge is 0.293 e. The highest BCUT2D eigenvalue weighted by atomic mass is 35.5. The summed E-state index contributed by atoms with van der Waals surface area (Å²) in [4.78, 5) is 12.5. The summed E-state index contributed by atoms with van der Waals surface area (Å²) in [6.45, 7) is 4.34. The molecule has 0 aliphatic heterocycles. The van der Waals surface area contributed by atoms with Gasteiger partial charge in [0.15, 0.2) is 5.78 Å². The van der Waals surface area contributed by atoms with Crippen LogP contribution in [0.25, 0.3) is 5.69 Å². The highest BCUT2D eigenvalue weighted by Crippen LogP contribution is 2.22. The van der Waals surface area contributed by atoms with Crippen LogP contribution in [0.15, 0.2) is 53.7 Å². The van der Waals surface area contributed by atoms with Gasteiger partial charge >= 0.3 is 0 Å².